The van der Waals surface area contributed by atoms with Crippen LogP contribution in [0.1, 0.15) is 5.69 Å². The maximum atomic E-state index is 11.8. The molecule has 3 aromatic rings. The Bertz CT molecular complexity index is 926. The van der Waals surface area contributed by atoms with Crippen molar-refractivity contribution < 1.29 is 4.92 Å². The molecule has 0 spiro atoms. The van der Waals surface area contributed by atoms with Crippen LogP contribution in [0.15, 0.2) is 29.1 Å². The van der Waals surface area contributed by atoms with Crippen LogP contribution in [0.2, 0.25) is 0 Å². The highest BCUT2D eigenvalue weighted by molar-refractivity contribution is 5.74. The Morgan fingerprint density at radius 3 is 2.81 bits per heavy atom. The summed E-state index contributed by atoms with van der Waals surface area (Å²) >= 11 is 0. The minimum atomic E-state index is -0.528. The van der Waals surface area contributed by atoms with Crippen LogP contribution in [0.3, 0.4) is 0 Å². The number of hydrogen-bond donors (Lipinski definition) is 2. The van der Waals surface area contributed by atoms with Gasteiger partial charge in [-0.05, 0) is 13.0 Å². The molecule has 0 unspecified atom stereocenters. The van der Waals surface area contributed by atoms with Gasteiger partial charge in [0.2, 0.25) is 0 Å². The van der Waals surface area contributed by atoms with Gasteiger partial charge in [0.05, 0.1) is 4.92 Å². The number of aromatic amines is 1. The summed E-state index contributed by atoms with van der Waals surface area (Å²) in [4.78, 5) is 30.4. The quantitative estimate of drug-likeness (QED) is 0.408. The Morgan fingerprint density at radius 2 is 2.10 bits per heavy atom. The van der Waals surface area contributed by atoms with Crippen molar-refractivity contribution >= 4 is 17.2 Å². The first-order valence-electron chi connectivity index (χ1n) is 5.96. The molecule has 21 heavy (non-hydrogen) atoms. The van der Waals surface area contributed by atoms with Crippen molar-refractivity contribution in [2.75, 3.05) is 5.73 Å². The van der Waals surface area contributed by atoms with Gasteiger partial charge in [-0.2, -0.15) is 9.50 Å². The third kappa shape index (κ3) is 2.10. The minimum Gasteiger partial charge on any atom is -0.398 e. The van der Waals surface area contributed by atoms with Gasteiger partial charge in [0.15, 0.2) is 5.82 Å². The fourth-order valence-electron chi connectivity index (χ4n) is 1.98. The van der Waals surface area contributed by atoms with E-state index in [9.17, 15) is 14.9 Å². The molecule has 1 aromatic carbocycles. The molecule has 106 valence electrons. The van der Waals surface area contributed by atoms with Gasteiger partial charge < -0.3 is 5.73 Å². The number of benzene rings is 1. The number of nitrogens with one attached hydrogen (secondary N) is 1. The average molecular weight is 286 g/mol. The highest BCUT2D eigenvalue weighted by atomic mass is 16.6. The molecule has 0 saturated heterocycles. The van der Waals surface area contributed by atoms with E-state index in [1.54, 1.807) is 6.92 Å². The number of non-ortho nitro benzene ring substituents is 1. The Labute approximate surface area is 117 Å². The monoisotopic (exact) mass is 286 g/mol. The van der Waals surface area contributed by atoms with E-state index >= 15 is 0 Å². The maximum absolute atomic E-state index is 11.8. The zero-order valence-corrected chi connectivity index (χ0v) is 10.9. The Kier molecular flexibility index (Phi) is 2.68. The lowest BCUT2D eigenvalue weighted by Gasteiger charge is -2.01. The molecule has 0 aliphatic heterocycles. The number of rotatable bonds is 2. The molecule has 0 atom stereocenters. The topological polar surface area (TPSA) is 132 Å². The number of nitrogens with two attached hydrogens (primary N) is 1. The number of nitrogens with zero attached hydrogens (tertiary/aromatic N) is 4. The second-order valence-electron chi connectivity index (χ2n) is 4.47. The summed E-state index contributed by atoms with van der Waals surface area (Å²) in [7, 11) is 0. The lowest BCUT2D eigenvalue weighted by Crippen LogP contribution is -2.14. The van der Waals surface area contributed by atoms with Crippen molar-refractivity contribution in [2.45, 2.75) is 6.92 Å². The molecular weight excluding hydrogens is 276 g/mol. The van der Waals surface area contributed by atoms with Gasteiger partial charge in [-0.3, -0.25) is 20.0 Å². The van der Waals surface area contributed by atoms with Crippen LogP contribution in [0.25, 0.3) is 17.2 Å². The van der Waals surface area contributed by atoms with E-state index in [1.165, 1.54) is 24.3 Å². The molecule has 0 aliphatic rings. The first-order valence-corrected chi connectivity index (χ1v) is 5.96. The van der Waals surface area contributed by atoms with Crippen LogP contribution in [-0.2, 0) is 0 Å². The predicted molar refractivity (Wildman–Crippen MR) is 74.8 cm³/mol. The number of anilines is 1. The predicted octanol–water partition coefficient (Wildman–Crippen LogP) is 0.883. The zero-order chi connectivity index (χ0) is 15.1. The number of nitrogen functional groups attached to an aromatic ring is 1. The zero-order valence-electron chi connectivity index (χ0n) is 10.9. The van der Waals surface area contributed by atoms with Crippen LogP contribution in [0, 0.1) is 17.0 Å². The summed E-state index contributed by atoms with van der Waals surface area (Å²) in [6, 6.07) is 5.37. The van der Waals surface area contributed by atoms with Crippen LogP contribution in [0.5, 0.6) is 0 Å². The van der Waals surface area contributed by atoms with E-state index < -0.39 is 4.92 Å². The van der Waals surface area contributed by atoms with Crippen molar-refractivity contribution in [1.82, 2.24) is 19.6 Å². The Morgan fingerprint density at radius 1 is 1.33 bits per heavy atom. The summed E-state index contributed by atoms with van der Waals surface area (Å²) in [5, 5.41) is 13.6. The van der Waals surface area contributed by atoms with Crippen molar-refractivity contribution in [2.24, 2.45) is 0 Å². The number of nitro benzene ring substituents is 1. The van der Waals surface area contributed by atoms with Crippen LogP contribution < -0.4 is 11.3 Å². The highest BCUT2D eigenvalue weighted by Crippen LogP contribution is 2.27. The van der Waals surface area contributed by atoms with Crippen molar-refractivity contribution in [1.29, 1.82) is 0 Å². The molecule has 9 heteroatoms. The van der Waals surface area contributed by atoms with Gasteiger partial charge >= 0.3 is 0 Å². The lowest BCUT2D eigenvalue weighted by atomic mass is 10.1. The van der Waals surface area contributed by atoms with Gasteiger partial charge in [0, 0.05) is 35.1 Å². The van der Waals surface area contributed by atoms with Crippen molar-refractivity contribution in [3.05, 3.63) is 50.4 Å². The molecule has 2 heterocycles. The first kappa shape index (κ1) is 12.8. The second-order valence-corrected chi connectivity index (χ2v) is 4.47. The number of hydrogen-bond acceptors (Lipinski definition) is 6. The van der Waals surface area contributed by atoms with Crippen molar-refractivity contribution in [3.63, 3.8) is 0 Å². The molecule has 0 aliphatic carbocycles. The van der Waals surface area contributed by atoms with E-state index in [0.29, 0.717) is 16.9 Å². The smallest absolute Gasteiger partial charge is 0.274 e. The third-order valence-electron chi connectivity index (χ3n) is 2.96. The van der Waals surface area contributed by atoms with Crippen molar-refractivity contribution in [3.8, 4) is 11.4 Å². The fraction of sp³-hybridized carbons (Fsp3) is 0.0833. The van der Waals surface area contributed by atoms with Crippen LogP contribution in [-0.4, -0.2) is 24.5 Å². The Balaban J connectivity index is 2.25. The van der Waals surface area contributed by atoms with Crippen LogP contribution in [0.4, 0.5) is 11.4 Å². The summed E-state index contributed by atoms with van der Waals surface area (Å²) in [5.41, 5.74) is 6.57. The van der Waals surface area contributed by atoms with E-state index in [4.69, 9.17) is 5.73 Å². The van der Waals surface area contributed by atoms with E-state index in [-0.39, 0.29) is 22.8 Å². The molecule has 3 rings (SSSR count). The van der Waals surface area contributed by atoms with Gasteiger partial charge in [-0.1, -0.05) is 0 Å². The summed E-state index contributed by atoms with van der Waals surface area (Å²) < 4.78 is 1.15. The molecular formula is C12H10N6O3. The Hall–Kier alpha value is -3.23. The molecule has 0 amide bonds. The minimum absolute atomic E-state index is 0.115. The van der Waals surface area contributed by atoms with E-state index in [0.717, 1.165) is 4.52 Å². The molecule has 3 N–H and O–H groups in total. The van der Waals surface area contributed by atoms with Gasteiger partial charge in [-0.15, -0.1) is 0 Å². The van der Waals surface area contributed by atoms with Gasteiger partial charge in [0.1, 0.15) is 0 Å². The number of aryl methyl sites for hydroxylation is 1. The SMILES string of the molecule is Cc1cc(=O)n2[nH]c(-c3cc([N+](=O)[O-])ccc3N)nc2n1. The molecule has 0 radical (unpaired) electrons. The summed E-state index contributed by atoms with van der Waals surface area (Å²) in [6.07, 6.45) is 0. The van der Waals surface area contributed by atoms with Crippen LogP contribution >= 0.6 is 0 Å². The highest BCUT2D eigenvalue weighted by Gasteiger charge is 2.15. The standard InChI is InChI=1S/C12H10N6O3/c1-6-4-10(19)17-12(14-6)15-11(16-17)8-5-7(18(20)21)2-3-9(8)13/h2-5H,13H2,1H3,(H,14,15,16). The normalized spacial score (nSPS) is 10.9. The molecule has 0 bridgehead atoms. The number of H-pyrrole nitrogens is 1. The molecule has 9 nitrogen and oxygen atoms in total. The second kappa shape index (κ2) is 4.40. The molecule has 0 saturated carbocycles. The van der Waals surface area contributed by atoms with Gasteiger partial charge in [0.25, 0.3) is 17.0 Å². The lowest BCUT2D eigenvalue weighted by molar-refractivity contribution is -0.384. The first-order chi connectivity index (χ1) is 9.95. The molecule has 0 fully saturated rings. The average Bonchev–Trinajstić information content (AvgIpc) is 2.82. The fourth-order valence-corrected chi connectivity index (χ4v) is 1.98. The number of aromatic nitrogens is 4. The molecule has 2 aromatic heterocycles. The van der Waals surface area contributed by atoms with E-state index in [2.05, 4.69) is 15.1 Å². The summed E-state index contributed by atoms with van der Waals surface area (Å²) in [5.74, 6) is 0.423. The third-order valence-corrected chi connectivity index (χ3v) is 2.96. The maximum Gasteiger partial charge on any atom is 0.274 e. The number of nitro groups is 1. The van der Waals surface area contributed by atoms with E-state index in [1.807, 2.05) is 0 Å². The van der Waals surface area contributed by atoms with Gasteiger partial charge in [-0.25, -0.2) is 4.98 Å². The largest absolute Gasteiger partial charge is 0.398 e. The summed E-state index contributed by atoms with van der Waals surface area (Å²) in [6.45, 7) is 1.68. The number of fused-ring (bicyclic) bond motifs is 1.